The molecule has 0 radical (unpaired) electrons. The fourth-order valence-corrected chi connectivity index (χ4v) is 3.44. The number of aromatic nitrogens is 1. The van der Waals surface area contributed by atoms with E-state index >= 15 is 0 Å². The summed E-state index contributed by atoms with van der Waals surface area (Å²) < 4.78 is 5.50. The number of carbonyl (C=O) groups excluding carboxylic acids is 1. The molecule has 2 aromatic rings. The third kappa shape index (κ3) is 3.44. The molecule has 2 unspecified atom stereocenters. The quantitative estimate of drug-likeness (QED) is 0.937. The summed E-state index contributed by atoms with van der Waals surface area (Å²) in [5.41, 5.74) is 2.57. The normalized spacial score (nSPS) is 21.4. The number of aryl methyl sites for hydroxylation is 1. The summed E-state index contributed by atoms with van der Waals surface area (Å²) >= 11 is 1.57. The van der Waals surface area contributed by atoms with E-state index in [4.69, 9.17) is 4.74 Å². The molecule has 2 atom stereocenters. The highest BCUT2D eigenvalue weighted by Crippen LogP contribution is 2.25. The summed E-state index contributed by atoms with van der Waals surface area (Å²) in [7, 11) is 0. The summed E-state index contributed by atoms with van der Waals surface area (Å²) in [5, 5.41) is 12.2. The number of nitrogens with zero attached hydrogens (tertiary/aromatic N) is 2. The Morgan fingerprint density at radius 3 is 3.04 bits per heavy atom. The van der Waals surface area contributed by atoms with Crippen LogP contribution in [0.5, 0.6) is 0 Å². The van der Waals surface area contributed by atoms with Crippen LogP contribution in [0.3, 0.4) is 0 Å². The second kappa shape index (κ2) is 6.78. The number of thiazole rings is 1. The molecule has 3 rings (SSSR count). The standard InChI is InChI=1S/C17H20N2O3S/c1-11-10-23-16(18-11)13-4-3-5-14(6-13)17(21)19-7-15(8-20)22-9-12(19)2/h3-6,10,12,15,20H,7-9H2,1-2H3. The van der Waals surface area contributed by atoms with E-state index in [2.05, 4.69) is 4.98 Å². The van der Waals surface area contributed by atoms with Gasteiger partial charge in [-0.2, -0.15) is 0 Å². The fourth-order valence-electron chi connectivity index (χ4n) is 2.65. The smallest absolute Gasteiger partial charge is 0.254 e. The van der Waals surface area contributed by atoms with Crippen molar-refractivity contribution >= 4 is 17.2 Å². The van der Waals surface area contributed by atoms with E-state index in [1.54, 1.807) is 16.2 Å². The number of aliphatic hydroxyl groups is 1. The highest BCUT2D eigenvalue weighted by Gasteiger charge is 2.30. The average Bonchev–Trinajstić information content (AvgIpc) is 3.01. The lowest BCUT2D eigenvalue weighted by molar-refractivity contribution is -0.0667. The zero-order chi connectivity index (χ0) is 16.4. The van der Waals surface area contributed by atoms with Crippen LogP contribution in [0.25, 0.3) is 10.6 Å². The van der Waals surface area contributed by atoms with Crippen molar-refractivity contribution in [3.8, 4) is 10.6 Å². The summed E-state index contributed by atoms with van der Waals surface area (Å²) in [5.74, 6) is -0.0330. The SMILES string of the molecule is Cc1csc(-c2cccc(C(=O)N3CC(CO)OCC3C)c2)n1. The summed E-state index contributed by atoms with van der Waals surface area (Å²) in [4.78, 5) is 19.1. The number of benzene rings is 1. The van der Waals surface area contributed by atoms with Gasteiger partial charge in [0.15, 0.2) is 0 Å². The zero-order valence-corrected chi connectivity index (χ0v) is 14.0. The average molecular weight is 332 g/mol. The molecule has 0 saturated carbocycles. The maximum absolute atomic E-state index is 12.8. The molecule has 0 bridgehead atoms. The van der Waals surface area contributed by atoms with Crippen LogP contribution in [0.4, 0.5) is 0 Å². The van der Waals surface area contributed by atoms with Crippen molar-refractivity contribution in [3.05, 3.63) is 40.9 Å². The molecule has 1 saturated heterocycles. The van der Waals surface area contributed by atoms with Crippen molar-refractivity contribution in [2.24, 2.45) is 0 Å². The molecule has 0 spiro atoms. The molecular weight excluding hydrogens is 312 g/mol. The van der Waals surface area contributed by atoms with E-state index in [1.165, 1.54) is 0 Å². The first-order valence-electron chi connectivity index (χ1n) is 7.64. The van der Waals surface area contributed by atoms with E-state index in [0.717, 1.165) is 16.3 Å². The minimum absolute atomic E-state index is 0.00365. The lowest BCUT2D eigenvalue weighted by Crippen LogP contribution is -2.52. The van der Waals surface area contributed by atoms with Crippen LogP contribution in [0.1, 0.15) is 23.0 Å². The molecule has 1 aromatic carbocycles. The maximum Gasteiger partial charge on any atom is 0.254 e. The number of hydrogen-bond donors (Lipinski definition) is 1. The van der Waals surface area contributed by atoms with Gasteiger partial charge in [0.2, 0.25) is 0 Å². The van der Waals surface area contributed by atoms with E-state index in [9.17, 15) is 9.90 Å². The number of hydrogen-bond acceptors (Lipinski definition) is 5. The lowest BCUT2D eigenvalue weighted by Gasteiger charge is -2.37. The molecule has 1 fully saturated rings. The molecule has 0 aliphatic carbocycles. The van der Waals surface area contributed by atoms with Crippen LogP contribution in [0.2, 0.25) is 0 Å². The molecule has 5 nitrogen and oxygen atoms in total. The van der Waals surface area contributed by atoms with Gasteiger partial charge in [-0.15, -0.1) is 11.3 Å². The third-order valence-corrected chi connectivity index (χ3v) is 4.95. The first-order valence-corrected chi connectivity index (χ1v) is 8.52. The Morgan fingerprint density at radius 1 is 1.52 bits per heavy atom. The fraction of sp³-hybridized carbons (Fsp3) is 0.412. The van der Waals surface area contributed by atoms with Gasteiger partial charge in [-0.3, -0.25) is 4.79 Å². The highest BCUT2D eigenvalue weighted by molar-refractivity contribution is 7.13. The van der Waals surface area contributed by atoms with Crippen LogP contribution in [0, 0.1) is 6.92 Å². The largest absolute Gasteiger partial charge is 0.394 e. The topological polar surface area (TPSA) is 62.7 Å². The van der Waals surface area contributed by atoms with Crippen LogP contribution in [0.15, 0.2) is 29.6 Å². The molecular formula is C17H20N2O3S. The van der Waals surface area contributed by atoms with Gasteiger partial charge in [-0.1, -0.05) is 12.1 Å². The van der Waals surface area contributed by atoms with Gasteiger partial charge in [0.25, 0.3) is 5.91 Å². The molecule has 1 aliphatic rings. The second-order valence-electron chi connectivity index (χ2n) is 5.82. The molecule has 6 heteroatoms. The molecule has 1 N–H and O–H groups in total. The molecule has 1 amide bonds. The molecule has 23 heavy (non-hydrogen) atoms. The van der Waals surface area contributed by atoms with E-state index in [0.29, 0.717) is 18.7 Å². The van der Waals surface area contributed by atoms with Gasteiger partial charge in [0, 0.05) is 28.7 Å². The summed E-state index contributed by atoms with van der Waals surface area (Å²) in [6.07, 6.45) is -0.306. The van der Waals surface area contributed by atoms with Crippen LogP contribution >= 0.6 is 11.3 Å². The van der Waals surface area contributed by atoms with Gasteiger partial charge in [0.1, 0.15) is 5.01 Å². The molecule has 122 valence electrons. The van der Waals surface area contributed by atoms with Crippen molar-refractivity contribution in [3.63, 3.8) is 0 Å². The van der Waals surface area contributed by atoms with Crippen LogP contribution in [-0.4, -0.2) is 52.8 Å². The number of amides is 1. The molecule has 1 aliphatic heterocycles. The van der Waals surface area contributed by atoms with Crippen molar-refractivity contribution in [1.29, 1.82) is 0 Å². The Labute approximate surface area is 139 Å². The number of morpholine rings is 1. The van der Waals surface area contributed by atoms with E-state index in [1.807, 2.05) is 43.5 Å². The number of aliphatic hydroxyl groups excluding tert-OH is 1. The lowest BCUT2D eigenvalue weighted by atomic mass is 10.1. The Hall–Kier alpha value is -1.76. The van der Waals surface area contributed by atoms with Crippen molar-refractivity contribution in [1.82, 2.24) is 9.88 Å². The predicted molar refractivity (Wildman–Crippen MR) is 89.6 cm³/mol. The van der Waals surface area contributed by atoms with Gasteiger partial charge >= 0.3 is 0 Å². The van der Waals surface area contributed by atoms with Gasteiger partial charge in [0.05, 0.1) is 25.4 Å². The second-order valence-corrected chi connectivity index (χ2v) is 6.68. The van der Waals surface area contributed by atoms with Gasteiger partial charge in [-0.05, 0) is 26.0 Å². The summed E-state index contributed by atoms with van der Waals surface area (Å²) in [6.45, 7) is 4.70. The molecule has 1 aromatic heterocycles. The van der Waals surface area contributed by atoms with Crippen LogP contribution in [-0.2, 0) is 4.74 Å². The minimum Gasteiger partial charge on any atom is -0.394 e. The Balaban J connectivity index is 1.84. The molecule has 2 heterocycles. The maximum atomic E-state index is 12.8. The highest BCUT2D eigenvalue weighted by atomic mass is 32.1. The first-order chi connectivity index (χ1) is 11.1. The zero-order valence-electron chi connectivity index (χ0n) is 13.2. The van der Waals surface area contributed by atoms with E-state index < -0.39 is 0 Å². The number of carbonyl (C=O) groups is 1. The Morgan fingerprint density at radius 2 is 2.35 bits per heavy atom. The predicted octanol–water partition coefficient (Wildman–Crippen LogP) is 2.34. The van der Waals surface area contributed by atoms with Crippen molar-refractivity contribution in [2.45, 2.75) is 26.0 Å². The minimum atomic E-state index is -0.306. The van der Waals surface area contributed by atoms with Gasteiger partial charge in [-0.25, -0.2) is 4.98 Å². The number of rotatable bonds is 3. The van der Waals surface area contributed by atoms with Crippen molar-refractivity contribution < 1.29 is 14.6 Å². The Bertz CT molecular complexity index is 701. The van der Waals surface area contributed by atoms with Crippen molar-refractivity contribution in [2.75, 3.05) is 19.8 Å². The summed E-state index contributed by atoms with van der Waals surface area (Å²) in [6, 6.07) is 7.55. The van der Waals surface area contributed by atoms with E-state index in [-0.39, 0.29) is 24.7 Å². The number of ether oxygens (including phenoxy) is 1. The van der Waals surface area contributed by atoms with Crippen LogP contribution < -0.4 is 0 Å². The Kier molecular flexibility index (Phi) is 4.75. The van der Waals surface area contributed by atoms with Gasteiger partial charge < -0.3 is 14.7 Å². The third-order valence-electron chi connectivity index (χ3n) is 3.95. The monoisotopic (exact) mass is 332 g/mol. The first kappa shape index (κ1) is 16.1.